The number of aliphatic hydroxyl groups is 1. The van der Waals surface area contributed by atoms with E-state index in [2.05, 4.69) is 0 Å². The number of aliphatic hydroxyl groups excluding tert-OH is 1. The van der Waals surface area contributed by atoms with E-state index in [0.717, 1.165) is 24.0 Å². The Morgan fingerprint density at radius 3 is 2.32 bits per heavy atom. The van der Waals surface area contributed by atoms with Crippen molar-refractivity contribution in [2.45, 2.75) is 37.1 Å². The van der Waals surface area contributed by atoms with Crippen molar-refractivity contribution in [3.05, 3.63) is 94.6 Å². The molecule has 0 aliphatic carbocycles. The van der Waals surface area contributed by atoms with Gasteiger partial charge in [0.1, 0.15) is 17.4 Å². The van der Waals surface area contributed by atoms with Gasteiger partial charge in [0.15, 0.2) is 9.84 Å². The summed E-state index contributed by atoms with van der Waals surface area (Å²) in [4.78, 5) is 1.42. The summed E-state index contributed by atoms with van der Waals surface area (Å²) in [5, 5.41) is 9.32. The fourth-order valence-corrected chi connectivity index (χ4v) is 4.94. The number of alkyl halides is 3. The molecule has 1 N–H and O–H groups in total. The number of halogens is 5. The Kier molecular flexibility index (Phi) is 9.86. The summed E-state index contributed by atoms with van der Waals surface area (Å²) in [6.45, 7) is -0.0813. The van der Waals surface area contributed by atoms with Crippen molar-refractivity contribution in [3.63, 3.8) is 0 Å². The van der Waals surface area contributed by atoms with Gasteiger partial charge in [-0.25, -0.2) is 17.2 Å². The summed E-state index contributed by atoms with van der Waals surface area (Å²) in [6, 6.07) is 14.7. The van der Waals surface area contributed by atoms with Crippen molar-refractivity contribution in [1.29, 1.82) is 0 Å². The van der Waals surface area contributed by atoms with E-state index < -0.39 is 39.8 Å². The molecule has 0 saturated carbocycles. The highest BCUT2D eigenvalue weighted by Crippen LogP contribution is 2.33. The summed E-state index contributed by atoms with van der Waals surface area (Å²) >= 11 is 0. The number of ether oxygens (including phenoxy) is 1. The second-order valence-corrected chi connectivity index (χ2v) is 10.8. The molecule has 0 radical (unpaired) electrons. The van der Waals surface area contributed by atoms with E-state index >= 15 is 0 Å². The van der Waals surface area contributed by atoms with Gasteiger partial charge >= 0.3 is 6.18 Å². The van der Waals surface area contributed by atoms with Crippen molar-refractivity contribution in [1.82, 2.24) is 4.90 Å². The van der Waals surface area contributed by atoms with Crippen LogP contribution in [0, 0.1) is 11.6 Å². The molecule has 0 unspecified atom stereocenters. The monoisotopic (exact) mass is 557 g/mol. The van der Waals surface area contributed by atoms with Gasteiger partial charge in [0, 0.05) is 43.1 Å². The predicted molar refractivity (Wildman–Crippen MR) is 132 cm³/mol. The van der Waals surface area contributed by atoms with Gasteiger partial charge < -0.3 is 9.84 Å². The molecule has 11 heteroatoms. The largest absolute Gasteiger partial charge is 0.493 e. The van der Waals surface area contributed by atoms with Crippen molar-refractivity contribution < 1.29 is 40.2 Å². The molecule has 3 aromatic carbocycles. The standard InChI is InChI=1S/C27H28F5NO4S/c1-38(35,36)25-16-21(15-24(28)22(25)18-34)37-14-6-12-33(13-11-19-7-3-2-4-8-19)17-20-9-5-10-23(26(20)29)27(30,31)32/h2-5,7-10,15-16,34H,6,11-14,17-18H2,1H3. The van der Waals surface area contributed by atoms with Gasteiger partial charge in [0.25, 0.3) is 0 Å². The predicted octanol–water partition coefficient (Wildman–Crippen LogP) is 5.39. The summed E-state index contributed by atoms with van der Waals surface area (Å²) in [6.07, 6.45) is -3.00. The van der Waals surface area contributed by atoms with Crippen LogP contribution in [0.3, 0.4) is 0 Å². The van der Waals surface area contributed by atoms with E-state index in [1.807, 2.05) is 30.3 Å². The van der Waals surface area contributed by atoms with Gasteiger partial charge in [0.2, 0.25) is 0 Å². The molecular weight excluding hydrogens is 529 g/mol. The minimum Gasteiger partial charge on any atom is -0.493 e. The second kappa shape index (κ2) is 12.7. The molecule has 0 amide bonds. The van der Waals surface area contributed by atoms with Gasteiger partial charge in [-0.3, -0.25) is 4.90 Å². The van der Waals surface area contributed by atoms with E-state index in [-0.39, 0.29) is 34.9 Å². The molecule has 0 aliphatic heterocycles. The number of sulfone groups is 1. The molecule has 0 spiro atoms. The summed E-state index contributed by atoms with van der Waals surface area (Å²) < 4.78 is 98.0. The van der Waals surface area contributed by atoms with Gasteiger partial charge in [-0.05, 0) is 30.5 Å². The lowest BCUT2D eigenvalue weighted by molar-refractivity contribution is -0.140. The molecule has 206 valence electrons. The first-order valence-electron chi connectivity index (χ1n) is 11.8. The van der Waals surface area contributed by atoms with E-state index in [9.17, 15) is 35.5 Å². The molecule has 3 aromatic rings. The molecule has 0 fully saturated rings. The smallest absolute Gasteiger partial charge is 0.419 e. The Morgan fingerprint density at radius 2 is 1.68 bits per heavy atom. The van der Waals surface area contributed by atoms with Gasteiger partial charge in [-0.2, -0.15) is 13.2 Å². The highest BCUT2D eigenvalue weighted by Gasteiger charge is 2.34. The molecule has 38 heavy (non-hydrogen) atoms. The van der Waals surface area contributed by atoms with Crippen LogP contribution < -0.4 is 4.74 Å². The molecule has 0 bridgehead atoms. The van der Waals surface area contributed by atoms with Crippen LogP contribution in [0.1, 0.15) is 28.7 Å². The van der Waals surface area contributed by atoms with Gasteiger partial charge in [0.05, 0.1) is 23.7 Å². The topological polar surface area (TPSA) is 66.8 Å². The first-order chi connectivity index (χ1) is 17.9. The fourth-order valence-electron chi connectivity index (χ4n) is 4.00. The maximum Gasteiger partial charge on any atom is 0.419 e. The molecular formula is C27H28F5NO4S. The number of rotatable bonds is 12. The lowest BCUT2D eigenvalue weighted by Gasteiger charge is -2.23. The van der Waals surface area contributed by atoms with Crippen molar-refractivity contribution in [2.75, 3.05) is 26.0 Å². The maximum atomic E-state index is 14.7. The molecule has 0 saturated heterocycles. The van der Waals surface area contributed by atoms with E-state index in [4.69, 9.17) is 4.74 Å². The average molecular weight is 558 g/mol. The second-order valence-electron chi connectivity index (χ2n) is 8.80. The molecule has 0 atom stereocenters. The Balaban J connectivity index is 1.71. The molecule has 3 rings (SSSR count). The zero-order valence-corrected chi connectivity index (χ0v) is 21.5. The van der Waals surface area contributed by atoms with E-state index in [1.165, 1.54) is 12.1 Å². The fraction of sp³-hybridized carbons (Fsp3) is 0.333. The first-order valence-corrected chi connectivity index (χ1v) is 13.7. The van der Waals surface area contributed by atoms with Crippen LogP contribution >= 0.6 is 0 Å². The van der Waals surface area contributed by atoms with E-state index in [0.29, 0.717) is 32.0 Å². The van der Waals surface area contributed by atoms with Crippen molar-refractivity contribution >= 4 is 9.84 Å². The molecule has 0 aromatic heterocycles. The number of nitrogens with zero attached hydrogens (tertiary/aromatic N) is 1. The van der Waals surface area contributed by atoms with Gasteiger partial charge in [-0.1, -0.05) is 42.5 Å². The Hall–Kier alpha value is -3.02. The molecule has 0 heterocycles. The number of hydrogen-bond acceptors (Lipinski definition) is 5. The quantitative estimate of drug-likeness (QED) is 0.239. The third kappa shape index (κ3) is 7.99. The molecule has 0 aliphatic rings. The normalized spacial score (nSPS) is 12.2. The summed E-state index contributed by atoms with van der Waals surface area (Å²) in [7, 11) is -3.82. The third-order valence-corrected chi connectivity index (χ3v) is 7.07. The van der Waals surface area contributed by atoms with Crippen LogP contribution in [0.5, 0.6) is 5.75 Å². The van der Waals surface area contributed by atoms with Crippen LogP contribution in [0.4, 0.5) is 22.0 Å². The lowest BCUT2D eigenvalue weighted by atomic mass is 10.1. The molecule has 5 nitrogen and oxygen atoms in total. The highest BCUT2D eigenvalue weighted by atomic mass is 32.2. The Bertz CT molecular complexity index is 1330. The minimum absolute atomic E-state index is 0.0357. The zero-order chi connectivity index (χ0) is 27.9. The maximum absolute atomic E-state index is 14.7. The van der Waals surface area contributed by atoms with Crippen LogP contribution in [-0.4, -0.2) is 44.4 Å². The number of hydrogen-bond donors (Lipinski definition) is 1. The van der Waals surface area contributed by atoms with Crippen LogP contribution in [0.15, 0.2) is 65.6 Å². The first kappa shape index (κ1) is 29.5. The Morgan fingerprint density at radius 1 is 0.974 bits per heavy atom. The number of benzene rings is 3. The van der Waals surface area contributed by atoms with Crippen LogP contribution in [-0.2, 0) is 35.6 Å². The highest BCUT2D eigenvalue weighted by molar-refractivity contribution is 7.90. The third-order valence-electron chi connectivity index (χ3n) is 5.91. The summed E-state index contributed by atoms with van der Waals surface area (Å²) in [5.41, 5.74) is -0.759. The Labute approximate surface area is 218 Å². The minimum atomic E-state index is -4.81. The van der Waals surface area contributed by atoms with E-state index in [1.54, 1.807) is 4.90 Å². The van der Waals surface area contributed by atoms with Crippen LogP contribution in [0.25, 0.3) is 0 Å². The SMILES string of the molecule is CS(=O)(=O)c1cc(OCCCN(CCc2ccccc2)Cc2cccc(C(F)(F)F)c2F)cc(F)c1CO. The zero-order valence-electron chi connectivity index (χ0n) is 20.6. The van der Waals surface area contributed by atoms with Crippen molar-refractivity contribution in [3.8, 4) is 5.75 Å². The summed E-state index contributed by atoms with van der Waals surface area (Å²) in [5.74, 6) is -2.27. The lowest BCUT2D eigenvalue weighted by Crippen LogP contribution is -2.28. The average Bonchev–Trinajstić information content (AvgIpc) is 2.85. The van der Waals surface area contributed by atoms with Crippen LogP contribution in [0.2, 0.25) is 0 Å². The van der Waals surface area contributed by atoms with Gasteiger partial charge in [-0.15, -0.1) is 0 Å². The van der Waals surface area contributed by atoms with Crippen molar-refractivity contribution in [2.24, 2.45) is 0 Å².